The zero-order chi connectivity index (χ0) is 18.9. The summed E-state index contributed by atoms with van der Waals surface area (Å²) in [6.45, 7) is 5.63. The monoisotopic (exact) mass is 371 g/mol. The minimum absolute atomic E-state index is 0.368. The molecule has 6 nitrogen and oxygen atoms in total. The smallest absolute Gasteiger partial charge is 0.356 e. The van der Waals surface area contributed by atoms with E-state index in [1.54, 1.807) is 46.5 Å². The van der Waals surface area contributed by atoms with Crippen molar-refractivity contribution in [1.82, 2.24) is 14.9 Å². The first-order valence-electron chi connectivity index (χ1n) is 8.22. The topological polar surface area (TPSA) is 73.2 Å². The predicted molar refractivity (Wildman–Crippen MR) is 101 cm³/mol. The van der Waals surface area contributed by atoms with Gasteiger partial charge >= 0.3 is 5.97 Å². The maximum atomic E-state index is 12.8. The van der Waals surface area contributed by atoms with Gasteiger partial charge in [0.1, 0.15) is 5.69 Å². The number of esters is 1. The molecular weight excluding hydrogens is 350 g/mol. The van der Waals surface area contributed by atoms with E-state index in [2.05, 4.69) is 10.3 Å². The van der Waals surface area contributed by atoms with Crippen LogP contribution in [0.5, 0.6) is 0 Å². The van der Waals surface area contributed by atoms with E-state index in [1.807, 2.05) is 39.3 Å². The molecule has 0 saturated heterocycles. The lowest BCUT2D eigenvalue weighted by molar-refractivity contribution is -0.131. The van der Waals surface area contributed by atoms with Gasteiger partial charge in [0, 0.05) is 30.5 Å². The van der Waals surface area contributed by atoms with Crippen LogP contribution in [0.15, 0.2) is 42.0 Å². The highest BCUT2D eigenvalue weighted by Gasteiger charge is 2.29. The van der Waals surface area contributed by atoms with Crippen molar-refractivity contribution in [2.45, 2.75) is 32.4 Å². The number of fused-ring (bicyclic) bond motifs is 1. The maximum Gasteiger partial charge on any atom is 0.356 e. The van der Waals surface area contributed by atoms with Crippen LogP contribution in [0.2, 0.25) is 0 Å². The standard InChI is InChI=1S/C19H21N3O3S/c1-19(2,3)21-17(23)16(12-5-8-20-9-6-12)25-18(24)14-11-15-13(22(14)4)7-10-26-15/h5-11,16H,1-4H3,(H,21,23)/t16-/m0/s1. The van der Waals surface area contributed by atoms with E-state index in [-0.39, 0.29) is 5.91 Å². The third-order valence-corrected chi connectivity index (χ3v) is 4.70. The molecule has 26 heavy (non-hydrogen) atoms. The van der Waals surface area contributed by atoms with E-state index < -0.39 is 17.6 Å². The number of aryl methyl sites for hydroxylation is 1. The number of hydrogen-bond donors (Lipinski definition) is 1. The van der Waals surface area contributed by atoms with Gasteiger partial charge in [-0.1, -0.05) is 0 Å². The van der Waals surface area contributed by atoms with Gasteiger partial charge in [0.05, 0.1) is 10.2 Å². The number of rotatable bonds is 4. The Morgan fingerprint density at radius 3 is 2.54 bits per heavy atom. The second-order valence-electron chi connectivity index (χ2n) is 7.06. The van der Waals surface area contributed by atoms with E-state index in [9.17, 15) is 9.59 Å². The average molecular weight is 371 g/mol. The molecule has 0 aliphatic heterocycles. The van der Waals surface area contributed by atoms with Crippen LogP contribution < -0.4 is 5.32 Å². The molecule has 0 radical (unpaired) electrons. The molecule has 0 aromatic carbocycles. The number of pyridine rings is 1. The van der Waals surface area contributed by atoms with Crippen molar-refractivity contribution < 1.29 is 14.3 Å². The molecule has 0 saturated carbocycles. The Morgan fingerprint density at radius 1 is 1.23 bits per heavy atom. The molecule has 3 rings (SSSR count). The summed E-state index contributed by atoms with van der Waals surface area (Å²) in [6.07, 6.45) is 2.09. The lowest BCUT2D eigenvalue weighted by atomic mass is 10.1. The molecule has 0 aliphatic carbocycles. The molecule has 0 spiro atoms. The Morgan fingerprint density at radius 2 is 1.92 bits per heavy atom. The Bertz CT molecular complexity index is 938. The number of carbonyl (C=O) groups is 2. The van der Waals surface area contributed by atoms with Crippen LogP contribution in [0.3, 0.4) is 0 Å². The van der Waals surface area contributed by atoms with Gasteiger partial charge in [-0.05, 0) is 50.4 Å². The molecule has 3 aromatic heterocycles. The molecule has 3 aromatic rings. The summed E-state index contributed by atoms with van der Waals surface area (Å²) in [5.74, 6) is -0.908. The first kappa shape index (κ1) is 18.1. The highest BCUT2D eigenvalue weighted by Crippen LogP contribution is 2.26. The zero-order valence-corrected chi connectivity index (χ0v) is 16.0. The largest absolute Gasteiger partial charge is 0.443 e. The van der Waals surface area contributed by atoms with Crippen molar-refractivity contribution in [2.24, 2.45) is 7.05 Å². The van der Waals surface area contributed by atoms with E-state index >= 15 is 0 Å². The summed E-state index contributed by atoms with van der Waals surface area (Å²) in [4.78, 5) is 29.4. The molecule has 3 heterocycles. The summed E-state index contributed by atoms with van der Waals surface area (Å²) in [5, 5.41) is 4.84. The normalized spacial score (nSPS) is 12.8. The lowest BCUT2D eigenvalue weighted by Gasteiger charge is -2.25. The number of aromatic nitrogens is 2. The Kier molecular flexibility index (Phi) is 4.82. The highest BCUT2D eigenvalue weighted by molar-refractivity contribution is 7.17. The molecule has 7 heteroatoms. The fourth-order valence-electron chi connectivity index (χ4n) is 2.66. The van der Waals surface area contributed by atoms with Crippen molar-refractivity contribution in [1.29, 1.82) is 0 Å². The number of thiophene rings is 1. The number of carbonyl (C=O) groups excluding carboxylic acids is 2. The average Bonchev–Trinajstić information content (AvgIpc) is 3.15. The van der Waals surface area contributed by atoms with Gasteiger partial charge < -0.3 is 14.6 Å². The molecule has 1 atom stereocenters. The van der Waals surface area contributed by atoms with Crippen LogP contribution in [0.25, 0.3) is 10.2 Å². The Balaban J connectivity index is 1.89. The molecular formula is C19H21N3O3S. The van der Waals surface area contributed by atoms with Crippen LogP contribution in [-0.2, 0) is 16.6 Å². The number of ether oxygens (including phenoxy) is 1. The summed E-state index contributed by atoms with van der Waals surface area (Å²) in [5.41, 5.74) is 1.50. The van der Waals surface area contributed by atoms with Gasteiger partial charge in [-0.25, -0.2) is 4.79 Å². The Hall–Kier alpha value is -2.67. The summed E-state index contributed by atoms with van der Waals surface area (Å²) >= 11 is 1.55. The van der Waals surface area contributed by atoms with Crippen LogP contribution >= 0.6 is 11.3 Å². The van der Waals surface area contributed by atoms with Gasteiger partial charge in [-0.15, -0.1) is 11.3 Å². The van der Waals surface area contributed by atoms with Gasteiger partial charge in [0.25, 0.3) is 5.91 Å². The quantitative estimate of drug-likeness (QED) is 0.713. The summed E-state index contributed by atoms with van der Waals surface area (Å²) in [7, 11) is 1.81. The molecule has 0 unspecified atom stereocenters. The van der Waals surface area contributed by atoms with E-state index in [0.717, 1.165) is 10.2 Å². The molecule has 0 fully saturated rings. The van der Waals surface area contributed by atoms with Gasteiger partial charge in [-0.3, -0.25) is 9.78 Å². The number of amides is 1. The summed E-state index contributed by atoms with van der Waals surface area (Å²) < 4.78 is 8.39. The Labute approximate surface area is 155 Å². The van der Waals surface area contributed by atoms with Crippen LogP contribution in [0.4, 0.5) is 0 Å². The van der Waals surface area contributed by atoms with Gasteiger partial charge in [-0.2, -0.15) is 0 Å². The van der Waals surface area contributed by atoms with Crippen molar-refractivity contribution in [2.75, 3.05) is 0 Å². The second-order valence-corrected chi connectivity index (χ2v) is 8.01. The van der Waals surface area contributed by atoms with Crippen molar-refractivity contribution in [3.63, 3.8) is 0 Å². The van der Waals surface area contributed by atoms with E-state index in [4.69, 9.17) is 4.74 Å². The van der Waals surface area contributed by atoms with Crippen LogP contribution in [0, 0.1) is 0 Å². The fourth-order valence-corrected chi connectivity index (χ4v) is 3.51. The highest BCUT2D eigenvalue weighted by atomic mass is 32.1. The van der Waals surface area contributed by atoms with Crippen LogP contribution in [0.1, 0.15) is 42.9 Å². The summed E-state index contributed by atoms with van der Waals surface area (Å²) in [6, 6.07) is 7.07. The van der Waals surface area contributed by atoms with Gasteiger partial charge in [0.2, 0.25) is 6.10 Å². The third-order valence-electron chi connectivity index (χ3n) is 3.84. The first-order valence-corrected chi connectivity index (χ1v) is 9.10. The predicted octanol–water partition coefficient (Wildman–Crippen LogP) is 3.45. The number of nitrogens with zero attached hydrogens (tertiary/aromatic N) is 2. The number of hydrogen-bond acceptors (Lipinski definition) is 5. The second kappa shape index (κ2) is 6.92. The van der Waals surface area contributed by atoms with Crippen molar-refractivity contribution >= 4 is 33.4 Å². The molecule has 0 aliphatic rings. The van der Waals surface area contributed by atoms with E-state index in [1.165, 1.54) is 0 Å². The molecule has 1 N–H and O–H groups in total. The zero-order valence-electron chi connectivity index (χ0n) is 15.1. The third kappa shape index (κ3) is 3.77. The SMILES string of the molecule is Cn1c(C(=O)O[C@H](C(=O)NC(C)(C)C)c2ccncc2)cc2sccc21. The lowest BCUT2D eigenvalue weighted by Crippen LogP contribution is -2.44. The van der Waals surface area contributed by atoms with E-state index in [0.29, 0.717) is 11.3 Å². The van der Waals surface area contributed by atoms with Crippen LogP contribution in [-0.4, -0.2) is 27.0 Å². The minimum Gasteiger partial charge on any atom is -0.443 e. The maximum absolute atomic E-state index is 12.8. The number of nitrogens with one attached hydrogen (secondary N) is 1. The molecule has 1 amide bonds. The fraction of sp³-hybridized carbons (Fsp3) is 0.316. The minimum atomic E-state index is -1.04. The molecule has 136 valence electrons. The first-order chi connectivity index (χ1) is 12.3. The van der Waals surface area contributed by atoms with Gasteiger partial charge in [0.15, 0.2) is 0 Å². The van der Waals surface area contributed by atoms with Crippen molar-refractivity contribution in [3.8, 4) is 0 Å². The molecule has 0 bridgehead atoms. The van der Waals surface area contributed by atoms with Crippen molar-refractivity contribution in [3.05, 3.63) is 53.3 Å².